The third-order valence-electron chi connectivity index (χ3n) is 4.45. The lowest BCUT2D eigenvalue weighted by Crippen LogP contribution is -2.09. The van der Waals surface area contributed by atoms with Crippen LogP contribution in [0.3, 0.4) is 0 Å². The first-order chi connectivity index (χ1) is 11.2. The van der Waals surface area contributed by atoms with E-state index in [0.29, 0.717) is 10.8 Å². The van der Waals surface area contributed by atoms with E-state index in [2.05, 4.69) is 4.98 Å². The minimum atomic E-state index is 0.559. The van der Waals surface area contributed by atoms with Gasteiger partial charge in [-0.3, -0.25) is 0 Å². The van der Waals surface area contributed by atoms with Crippen LogP contribution in [-0.2, 0) is 12.8 Å². The second-order valence-electron chi connectivity index (χ2n) is 5.79. The van der Waals surface area contributed by atoms with Crippen molar-refractivity contribution in [2.45, 2.75) is 25.7 Å². The number of fused-ring (bicyclic) bond motifs is 3. The number of rotatable bonds is 2. The zero-order chi connectivity index (χ0) is 16.0. The van der Waals surface area contributed by atoms with E-state index >= 15 is 0 Å². The van der Waals surface area contributed by atoms with Gasteiger partial charge in [0.05, 0.1) is 16.1 Å². The molecule has 1 aliphatic carbocycles. The van der Waals surface area contributed by atoms with Crippen molar-refractivity contribution >= 4 is 39.3 Å². The number of aromatic nitrogens is 2. The summed E-state index contributed by atoms with van der Waals surface area (Å²) in [5, 5.41) is 9.34. The van der Waals surface area contributed by atoms with E-state index < -0.39 is 0 Å². The van der Waals surface area contributed by atoms with Gasteiger partial charge in [-0.15, -0.1) is 0 Å². The molecule has 1 aliphatic rings. The smallest absolute Gasteiger partial charge is 0.180 e. The van der Waals surface area contributed by atoms with Gasteiger partial charge in [0.2, 0.25) is 0 Å². The van der Waals surface area contributed by atoms with Crippen molar-refractivity contribution in [2.24, 2.45) is 0 Å². The quantitative estimate of drug-likeness (QED) is 0.497. The summed E-state index contributed by atoms with van der Waals surface area (Å²) in [6.45, 7) is 0. The second kappa shape index (κ2) is 5.31. The molecule has 0 fully saturated rings. The van der Waals surface area contributed by atoms with Crippen LogP contribution in [0.4, 0.5) is 10.8 Å². The SMILES string of the molecule is N=Cc1c(N)ccc2nc(-c3cnc(N)s3)c3c(c12)CCCC3. The fourth-order valence-electron chi connectivity index (χ4n) is 3.42. The number of thiazole rings is 1. The molecular formula is C17H17N5S. The molecule has 0 aliphatic heterocycles. The van der Waals surface area contributed by atoms with E-state index in [1.54, 1.807) is 6.20 Å². The van der Waals surface area contributed by atoms with Crippen LogP contribution in [0.1, 0.15) is 29.5 Å². The number of hydrogen-bond acceptors (Lipinski definition) is 6. The number of nitrogen functional groups attached to an aromatic ring is 2. The predicted molar refractivity (Wildman–Crippen MR) is 96.2 cm³/mol. The van der Waals surface area contributed by atoms with Gasteiger partial charge in [0, 0.05) is 29.0 Å². The Morgan fingerprint density at radius 2 is 1.91 bits per heavy atom. The number of pyridine rings is 1. The summed E-state index contributed by atoms with van der Waals surface area (Å²) in [5.41, 5.74) is 17.7. The number of hydrogen-bond donors (Lipinski definition) is 3. The molecule has 4 rings (SSSR count). The molecule has 2 heterocycles. The molecule has 6 heteroatoms. The van der Waals surface area contributed by atoms with E-state index in [4.69, 9.17) is 21.9 Å². The van der Waals surface area contributed by atoms with E-state index in [-0.39, 0.29) is 0 Å². The van der Waals surface area contributed by atoms with Crippen LogP contribution < -0.4 is 11.5 Å². The molecule has 116 valence electrons. The van der Waals surface area contributed by atoms with Gasteiger partial charge in [-0.1, -0.05) is 11.3 Å². The Morgan fingerprint density at radius 1 is 1.13 bits per heavy atom. The lowest BCUT2D eigenvalue weighted by atomic mass is 9.86. The van der Waals surface area contributed by atoms with Crippen molar-refractivity contribution < 1.29 is 0 Å². The average molecular weight is 323 g/mol. The first-order valence-corrected chi connectivity index (χ1v) is 8.46. The topological polar surface area (TPSA) is 102 Å². The number of anilines is 2. The Bertz CT molecular complexity index is 928. The molecule has 0 amide bonds. The molecule has 1 aromatic carbocycles. The monoisotopic (exact) mass is 323 g/mol. The Labute approximate surface area is 137 Å². The van der Waals surface area contributed by atoms with Crippen molar-refractivity contribution in [3.05, 3.63) is 35.0 Å². The Hall–Kier alpha value is -2.47. The highest BCUT2D eigenvalue weighted by Gasteiger charge is 2.22. The molecule has 0 bridgehead atoms. The summed E-state index contributed by atoms with van der Waals surface area (Å²) >= 11 is 1.47. The van der Waals surface area contributed by atoms with Gasteiger partial charge >= 0.3 is 0 Å². The molecule has 0 unspecified atom stereocenters. The van der Waals surface area contributed by atoms with Crippen LogP contribution in [0, 0.1) is 5.41 Å². The van der Waals surface area contributed by atoms with Crippen LogP contribution in [-0.4, -0.2) is 16.2 Å². The Kier molecular flexibility index (Phi) is 3.27. The summed E-state index contributed by atoms with van der Waals surface area (Å²) in [4.78, 5) is 10.1. The highest BCUT2D eigenvalue weighted by Crippen LogP contribution is 2.39. The summed E-state index contributed by atoms with van der Waals surface area (Å²) in [6, 6.07) is 3.77. The van der Waals surface area contributed by atoms with Crippen LogP contribution in [0.25, 0.3) is 21.5 Å². The minimum absolute atomic E-state index is 0.559. The van der Waals surface area contributed by atoms with Crippen LogP contribution in [0.2, 0.25) is 0 Å². The number of aryl methyl sites for hydroxylation is 1. The van der Waals surface area contributed by atoms with Crippen molar-refractivity contribution in [3.8, 4) is 10.6 Å². The van der Waals surface area contributed by atoms with E-state index in [9.17, 15) is 0 Å². The third kappa shape index (κ3) is 2.17. The van der Waals surface area contributed by atoms with Crippen LogP contribution in [0.5, 0.6) is 0 Å². The predicted octanol–water partition coefficient (Wildman–Crippen LogP) is 3.40. The van der Waals surface area contributed by atoms with Crippen molar-refractivity contribution in [3.63, 3.8) is 0 Å². The fourth-order valence-corrected chi connectivity index (χ4v) is 4.12. The highest BCUT2D eigenvalue weighted by atomic mass is 32.1. The van der Waals surface area contributed by atoms with Gasteiger partial charge < -0.3 is 16.9 Å². The maximum Gasteiger partial charge on any atom is 0.180 e. The molecule has 0 radical (unpaired) electrons. The zero-order valence-electron chi connectivity index (χ0n) is 12.6. The molecule has 23 heavy (non-hydrogen) atoms. The van der Waals surface area contributed by atoms with Gasteiger partial charge in [0.15, 0.2) is 5.13 Å². The standard InChI is InChI=1S/C17H17N5S/c18-7-11-12(19)5-6-13-15(11)9-3-1-2-4-10(9)16(22-13)14-8-21-17(20)23-14/h5-8,18H,1-4,19H2,(H2,20,21). The fraction of sp³-hybridized carbons (Fsp3) is 0.235. The number of nitrogens with zero attached hydrogens (tertiary/aromatic N) is 2. The van der Waals surface area contributed by atoms with E-state index in [1.807, 2.05) is 12.1 Å². The number of benzene rings is 1. The summed E-state index contributed by atoms with van der Waals surface area (Å²) in [6.07, 6.45) is 7.46. The van der Waals surface area contributed by atoms with Gasteiger partial charge in [-0.2, -0.15) is 0 Å². The zero-order valence-corrected chi connectivity index (χ0v) is 13.4. The van der Waals surface area contributed by atoms with Crippen molar-refractivity contribution in [2.75, 3.05) is 11.5 Å². The van der Waals surface area contributed by atoms with Crippen LogP contribution >= 0.6 is 11.3 Å². The summed E-state index contributed by atoms with van der Waals surface area (Å²) in [7, 11) is 0. The molecule has 3 aromatic rings. The van der Waals surface area contributed by atoms with Gasteiger partial charge in [-0.25, -0.2) is 9.97 Å². The average Bonchev–Trinajstić information content (AvgIpc) is 3.00. The Morgan fingerprint density at radius 3 is 2.61 bits per heavy atom. The van der Waals surface area contributed by atoms with E-state index in [0.717, 1.165) is 52.7 Å². The first kappa shape index (κ1) is 14.1. The minimum Gasteiger partial charge on any atom is -0.398 e. The Balaban J connectivity index is 2.10. The lowest BCUT2D eigenvalue weighted by Gasteiger charge is -2.22. The van der Waals surface area contributed by atoms with Crippen molar-refractivity contribution in [1.82, 2.24) is 9.97 Å². The second-order valence-corrected chi connectivity index (χ2v) is 6.86. The molecular weight excluding hydrogens is 306 g/mol. The molecule has 5 nitrogen and oxygen atoms in total. The normalized spacial score (nSPS) is 13.9. The highest BCUT2D eigenvalue weighted by molar-refractivity contribution is 7.18. The van der Waals surface area contributed by atoms with Crippen LogP contribution in [0.15, 0.2) is 18.3 Å². The van der Waals surface area contributed by atoms with Gasteiger partial charge in [0.1, 0.15) is 0 Å². The van der Waals surface area contributed by atoms with Crippen molar-refractivity contribution in [1.29, 1.82) is 5.41 Å². The molecule has 5 N–H and O–H groups in total. The largest absolute Gasteiger partial charge is 0.398 e. The maximum atomic E-state index is 7.75. The molecule has 2 aromatic heterocycles. The third-order valence-corrected chi connectivity index (χ3v) is 5.28. The van der Waals surface area contributed by atoms with E-state index in [1.165, 1.54) is 28.7 Å². The van der Waals surface area contributed by atoms with Gasteiger partial charge in [-0.05, 0) is 48.9 Å². The molecule has 0 saturated carbocycles. The van der Waals surface area contributed by atoms with Gasteiger partial charge in [0.25, 0.3) is 0 Å². The lowest BCUT2D eigenvalue weighted by molar-refractivity contribution is 0.689. The number of nitrogens with two attached hydrogens (primary N) is 2. The summed E-state index contributed by atoms with van der Waals surface area (Å²) in [5.74, 6) is 0. The molecule has 0 atom stereocenters. The maximum absolute atomic E-state index is 7.75. The molecule has 0 spiro atoms. The molecule has 0 saturated heterocycles. The first-order valence-electron chi connectivity index (χ1n) is 7.65. The number of nitrogens with one attached hydrogen (secondary N) is 1. The summed E-state index contributed by atoms with van der Waals surface area (Å²) < 4.78 is 0.